The summed E-state index contributed by atoms with van der Waals surface area (Å²) in [6.45, 7) is 2.14. The predicted molar refractivity (Wildman–Crippen MR) is 136 cm³/mol. The van der Waals surface area contributed by atoms with Crippen LogP contribution in [-0.4, -0.2) is 28.9 Å². The van der Waals surface area contributed by atoms with Crippen molar-refractivity contribution in [2.24, 2.45) is 0 Å². The maximum absolute atomic E-state index is 13.9. The number of para-hydroxylation sites is 2. The largest absolute Gasteiger partial charge is 0.311 e. The van der Waals surface area contributed by atoms with Gasteiger partial charge in [-0.05, 0) is 36.2 Å². The second-order valence-corrected chi connectivity index (χ2v) is 10.1. The molecule has 8 heteroatoms. The third kappa shape index (κ3) is 4.28. The number of carbonyl (C=O) groups is 1. The van der Waals surface area contributed by atoms with Gasteiger partial charge in [-0.3, -0.25) is 4.79 Å². The fraction of sp³-hybridized carbons (Fsp3) is 0.148. The number of aromatic nitrogens is 3. The Morgan fingerprint density at radius 1 is 0.857 bits per heavy atom. The highest BCUT2D eigenvalue weighted by atomic mass is 32.2. The Morgan fingerprint density at radius 2 is 1.46 bits per heavy atom. The summed E-state index contributed by atoms with van der Waals surface area (Å²) in [7, 11) is -4.02. The van der Waals surface area contributed by atoms with Gasteiger partial charge in [-0.1, -0.05) is 67.6 Å². The molecule has 1 N–H and O–H groups in total. The van der Waals surface area contributed by atoms with E-state index in [4.69, 9.17) is 9.97 Å². The summed E-state index contributed by atoms with van der Waals surface area (Å²) in [4.78, 5) is 22.2. The summed E-state index contributed by atoms with van der Waals surface area (Å²) in [6, 6.07) is 25.4. The molecule has 0 spiro atoms. The molecule has 0 saturated heterocycles. The molecule has 0 saturated carbocycles. The van der Waals surface area contributed by atoms with Crippen LogP contribution >= 0.6 is 0 Å². The van der Waals surface area contributed by atoms with Crippen molar-refractivity contribution in [3.8, 4) is 0 Å². The van der Waals surface area contributed by atoms with Crippen LogP contribution in [0.3, 0.4) is 0 Å². The fourth-order valence-electron chi connectivity index (χ4n) is 4.09. The van der Waals surface area contributed by atoms with Crippen molar-refractivity contribution >= 4 is 43.8 Å². The van der Waals surface area contributed by atoms with Crippen LogP contribution < -0.4 is 5.32 Å². The third-order valence-corrected chi connectivity index (χ3v) is 7.69. The van der Waals surface area contributed by atoms with E-state index in [0.29, 0.717) is 29.6 Å². The number of nitrogens with zero attached hydrogens (tertiary/aromatic N) is 3. The molecule has 5 rings (SSSR count). The Balaban J connectivity index is 1.81. The fourth-order valence-corrected chi connectivity index (χ4v) is 5.65. The van der Waals surface area contributed by atoms with Gasteiger partial charge in [0.2, 0.25) is 15.7 Å². The van der Waals surface area contributed by atoms with Gasteiger partial charge in [0.05, 0.1) is 15.9 Å². The van der Waals surface area contributed by atoms with Crippen LogP contribution in [0.5, 0.6) is 0 Å². The van der Waals surface area contributed by atoms with E-state index in [-0.39, 0.29) is 33.5 Å². The summed E-state index contributed by atoms with van der Waals surface area (Å²) in [5.41, 5.74) is 2.98. The molecule has 7 nitrogen and oxygen atoms in total. The van der Waals surface area contributed by atoms with E-state index >= 15 is 0 Å². The molecule has 0 atom stereocenters. The maximum Gasteiger partial charge on any atom is 0.225 e. The molecule has 3 aromatic carbocycles. The van der Waals surface area contributed by atoms with Gasteiger partial charge in [0.1, 0.15) is 16.2 Å². The Morgan fingerprint density at radius 3 is 2.11 bits per heavy atom. The number of hydrogen-bond acceptors (Lipinski definition) is 5. The molecular formula is C27H24N4O3S. The molecule has 0 radical (unpaired) electrons. The van der Waals surface area contributed by atoms with Crippen molar-refractivity contribution in [2.45, 2.75) is 36.1 Å². The summed E-state index contributed by atoms with van der Waals surface area (Å²) < 4.78 is 29.6. The first-order chi connectivity index (χ1) is 17.0. The highest BCUT2D eigenvalue weighted by Gasteiger charge is 2.32. The summed E-state index contributed by atoms with van der Waals surface area (Å²) >= 11 is 0. The van der Waals surface area contributed by atoms with Crippen molar-refractivity contribution in [3.05, 3.63) is 90.5 Å². The van der Waals surface area contributed by atoms with E-state index < -0.39 is 9.84 Å². The van der Waals surface area contributed by atoms with Gasteiger partial charge < -0.3 is 9.88 Å². The zero-order valence-corrected chi connectivity index (χ0v) is 20.0. The van der Waals surface area contributed by atoms with Gasteiger partial charge >= 0.3 is 0 Å². The molecule has 0 fully saturated rings. The Labute approximate surface area is 203 Å². The number of anilines is 1. The van der Waals surface area contributed by atoms with E-state index in [9.17, 15) is 13.2 Å². The molecule has 0 unspecified atom stereocenters. The SMILES string of the molecule is CCC(=O)Nc1c(S(=O)(=O)c2ccccc2)c2nc3ccccc3nc2n1CCc1ccccc1. The van der Waals surface area contributed by atoms with Crippen LogP contribution in [0.2, 0.25) is 0 Å². The molecule has 1 amide bonds. The second-order valence-electron chi connectivity index (χ2n) is 8.17. The van der Waals surface area contributed by atoms with E-state index in [1.165, 1.54) is 0 Å². The first-order valence-corrected chi connectivity index (χ1v) is 12.9. The van der Waals surface area contributed by atoms with Gasteiger partial charge in [-0.15, -0.1) is 0 Å². The molecular weight excluding hydrogens is 460 g/mol. The maximum atomic E-state index is 13.9. The zero-order valence-electron chi connectivity index (χ0n) is 19.2. The highest BCUT2D eigenvalue weighted by Crippen LogP contribution is 2.37. The first-order valence-electron chi connectivity index (χ1n) is 11.4. The molecule has 0 aliphatic rings. The Kier molecular flexibility index (Phi) is 6.05. The number of benzene rings is 3. The van der Waals surface area contributed by atoms with Crippen molar-refractivity contribution in [1.29, 1.82) is 0 Å². The first kappa shape index (κ1) is 22.7. The second kappa shape index (κ2) is 9.31. The van der Waals surface area contributed by atoms with E-state index in [1.807, 2.05) is 48.5 Å². The average Bonchev–Trinajstić information content (AvgIpc) is 3.19. The molecule has 2 heterocycles. The summed E-state index contributed by atoms with van der Waals surface area (Å²) in [5, 5.41) is 2.85. The van der Waals surface area contributed by atoms with Gasteiger partial charge in [0, 0.05) is 13.0 Å². The Hall–Kier alpha value is -4.04. The quantitative estimate of drug-likeness (QED) is 0.351. The minimum Gasteiger partial charge on any atom is -0.311 e. The molecule has 2 aromatic heterocycles. The number of carbonyl (C=O) groups excluding carboxylic acids is 1. The van der Waals surface area contributed by atoms with Gasteiger partial charge in [0.25, 0.3) is 0 Å². The van der Waals surface area contributed by atoms with Crippen LogP contribution in [-0.2, 0) is 27.6 Å². The van der Waals surface area contributed by atoms with Crippen LogP contribution in [0.4, 0.5) is 5.82 Å². The molecule has 5 aromatic rings. The van der Waals surface area contributed by atoms with Crippen molar-refractivity contribution in [3.63, 3.8) is 0 Å². The number of aryl methyl sites for hydroxylation is 2. The van der Waals surface area contributed by atoms with E-state index in [2.05, 4.69) is 5.32 Å². The standard InChI is InChI=1S/C27H24N4O3S/c1-2-23(32)30-27-25(35(33,34)20-13-7-4-8-14-20)24-26(29-22-16-10-9-15-21(22)28-24)31(27)18-17-19-11-5-3-6-12-19/h3-16H,2,17-18H2,1H3,(H,30,32). The van der Waals surface area contributed by atoms with Gasteiger partial charge in [0.15, 0.2) is 5.65 Å². The minimum atomic E-state index is -4.02. The van der Waals surface area contributed by atoms with Gasteiger partial charge in [-0.25, -0.2) is 18.4 Å². The Bertz CT molecular complexity index is 1630. The lowest BCUT2D eigenvalue weighted by Crippen LogP contribution is -2.17. The number of amides is 1. The number of sulfone groups is 1. The minimum absolute atomic E-state index is 0.0354. The van der Waals surface area contributed by atoms with Crippen LogP contribution in [0.25, 0.3) is 22.2 Å². The van der Waals surface area contributed by atoms with Crippen molar-refractivity contribution in [1.82, 2.24) is 14.5 Å². The molecule has 0 aliphatic heterocycles. The third-order valence-electron chi connectivity index (χ3n) is 5.88. The number of nitrogens with one attached hydrogen (secondary N) is 1. The highest BCUT2D eigenvalue weighted by molar-refractivity contribution is 7.92. The zero-order chi connectivity index (χ0) is 24.4. The van der Waals surface area contributed by atoms with Crippen molar-refractivity contribution < 1.29 is 13.2 Å². The lowest BCUT2D eigenvalue weighted by Gasteiger charge is -2.13. The normalized spacial score (nSPS) is 11.7. The van der Waals surface area contributed by atoms with E-state index in [1.54, 1.807) is 47.9 Å². The van der Waals surface area contributed by atoms with Crippen LogP contribution in [0, 0.1) is 0 Å². The predicted octanol–water partition coefficient (Wildman–Crippen LogP) is 5.01. The van der Waals surface area contributed by atoms with Crippen LogP contribution in [0.1, 0.15) is 18.9 Å². The monoisotopic (exact) mass is 484 g/mol. The summed E-state index contributed by atoms with van der Waals surface area (Å²) in [5.74, 6) is -0.0928. The van der Waals surface area contributed by atoms with Crippen molar-refractivity contribution in [2.75, 3.05) is 5.32 Å². The number of hydrogen-bond donors (Lipinski definition) is 1. The summed E-state index contributed by atoms with van der Waals surface area (Å²) in [6.07, 6.45) is 0.826. The lowest BCUT2D eigenvalue weighted by atomic mass is 10.1. The molecule has 35 heavy (non-hydrogen) atoms. The molecule has 0 bridgehead atoms. The lowest BCUT2D eigenvalue weighted by molar-refractivity contribution is -0.115. The van der Waals surface area contributed by atoms with Crippen LogP contribution in [0.15, 0.2) is 94.7 Å². The number of rotatable bonds is 7. The molecule has 0 aliphatic carbocycles. The topological polar surface area (TPSA) is 93.9 Å². The number of fused-ring (bicyclic) bond motifs is 2. The molecule has 176 valence electrons. The average molecular weight is 485 g/mol. The smallest absolute Gasteiger partial charge is 0.225 e. The van der Waals surface area contributed by atoms with Gasteiger partial charge in [-0.2, -0.15) is 0 Å². The van der Waals surface area contributed by atoms with E-state index in [0.717, 1.165) is 5.56 Å².